The monoisotopic (exact) mass is 429 g/mol. The lowest BCUT2D eigenvalue weighted by Crippen LogP contribution is -2.54. The van der Waals surface area contributed by atoms with E-state index in [0.717, 1.165) is 39.4 Å². The number of nitrogens with zero attached hydrogens (tertiary/aromatic N) is 2. The van der Waals surface area contributed by atoms with Gasteiger partial charge < -0.3 is 4.90 Å². The second-order valence-corrected chi connectivity index (χ2v) is 8.80. The summed E-state index contributed by atoms with van der Waals surface area (Å²) in [6.45, 7) is 11.3. The van der Waals surface area contributed by atoms with Gasteiger partial charge in [0.1, 0.15) is 5.57 Å². The Morgan fingerprint density at radius 1 is 1.00 bits per heavy atom. The fraction of sp³-hybridized carbons (Fsp3) is 0.269. The molecule has 0 atom stereocenters. The third-order valence-corrected chi connectivity index (χ3v) is 6.02. The van der Waals surface area contributed by atoms with Crippen molar-refractivity contribution in [3.05, 3.63) is 70.8 Å². The van der Waals surface area contributed by atoms with E-state index >= 15 is 0 Å². The zero-order valence-corrected chi connectivity index (χ0v) is 19.0. The minimum atomic E-state index is -0.744. The summed E-state index contributed by atoms with van der Waals surface area (Å²) < 4.78 is 0. The summed E-state index contributed by atoms with van der Waals surface area (Å²) in [5.74, 6) is -1.33. The summed E-state index contributed by atoms with van der Waals surface area (Å²) in [5.41, 5.74) is 5.31. The number of nitrogens with one attached hydrogen (secondary N) is 1. The van der Waals surface area contributed by atoms with Crippen LogP contribution < -0.4 is 15.1 Å². The molecule has 4 rings (SSSR count). The number of urea groups is 1. The Morgan fingerprint density at radius 2 is 1.69 bits per heavy atom. The SMILES string of the molecule is CCN1c2ccc(/C=C3\C(=O)NC(=O)N(c4ccc(C)cc4)C3=O)cc2C(C)=CC1(C)C. The lowest BCUT2D eigenvalue weighted by molar-refractivity contribution is -0.122. The van der Waals surface area contributed by atoms with Crippen LogP contribution in [-0.4, -0.2) is 29.9 Å². The lowest BCUT2D eigenvalue weighted by atomic mass is 9.88. The van der Waals surface area contributed by atoms with Crippen LogP contribution in [0.4, 0.5) is 16.2 Å². The highest BCUT2D eigenvalue weighted by atomic mass is 16.2. The number of aryl methyl sites for hydroxylation is 1. The number of amides is 4. The summed E-state index contributed by atoms with van der Waals surface area (Å²) in [5, 5.41) is 2.28. The highest BCUT2D eigenvalue weighted by Gasteiger charge is 2.37. The van der Waals surface area contributed by atoms with Gasteiger partial charge in [0.25, 0.3) is 11.8 Å². The van der Waals surface area contributed by atoms with Crippen molar-refractivity contribution in [3.8, 4) is 0 Å². The Labute approximate surface area is 188 Å². The molecule has 2 aliphatic heterocycles. The number of hydrogen-bond acceptors (Lipinski definition) is 4. The number of allylic oxidation sites excluding steroid dienone is 1. The topological polar surface area (TPSA) is 69.7 Å². The normalized spacial score (nSPS) is 19.1. The number of imide groups is 2. The molecule has 2 aliphatic rings. The van der Waals surface area contributed by atoms with Gasteiger partial charge in [-0.3, -0.25) is 14.9 Å². The summed E-state index contributed by atoms with van der Waals surface area (Å²) in [4.78, 5) is 41.4. The van der Waals surface area contributed by atoms with Crippen LogP contribution in [0.2, 0.25) is 0 Å². The van der Waals surface area contributed by atoms with Gasteiger partial charge >= 0.3 is 6.03 Å². The number of carbonyl (C=O) groups is 3. The predicted molar refractivity (Wildman–Crippen MR) is 127 cm³/mol. The molecule has 1 N–H and O–H groups in total. The van der Waals surface area contributed by atoms with Crippen LogP contribution in [0.5, 0.6) is 0 Å². The molecule has 0 unspecified atom stereocenters. The van der Waals surface area contributed by atoms with Crippen LogP contribution in [0.25, 0.3) is 11.6 Å². The summed E-state index contributed by atoms with van der Waals surface area (Å²) in [7, 11) is 0. The molecule has 1 fully saturated rings. The van der Waals surface area contributed by atoms with Crippen molar-refractivity contribution in [1.82, 2.24) is 5.32 Å². The molecule has 0 aliphatic carbocycles. The molecule has 6 heteroatoms. The van der Waals surface area contributed by atoms with E-state index in [1.807, 2.05) is 37.3 Å². The van der Waals surface area contributed by atoms with Gasteiger partial charge in [-0.05, 0) is 76.1 Å². The fourth-order valence-electron chi connectivity index (χ4n) is 4.52. The van der Waals surface area contributed by atoms with Crippen molar-refractivity contribution in [2.75, 3.05) is 16.3 Å². The zero-order chi connectivity index (χ0) is 23.2. The van der Waals surface area contributed by atoms with Gasteiger partial charge in [0.2, 0.25) is 0 Å². The van der Waals surface area contributed by atoms with Crippen molar-refractivity contribution in [3.63, 3.8) is 0 Å². The molecule has 32 heavy (non-hydrogen) atoms. The number of anilines is 2. The molecule has 0 spiro atoms. The standard InChI is InChI=1S/C26H27N3O3/c1-6-28-22-12-9-18(13-20(22)17(3)15-26(28,4)5)14-21-23(30)27-25(32)29(24(21)31)19-10-7-16(2)8-11-19/h7-15H,6H2,1-5H3,(H,27,30,32)/b21-14+. The number of benzene rings is 2. The van der Waals surface area contributed by atoms with Gasteiger partial charge in [0.15, 0.2) is 0 Å². The first-order valence-electron chi connectivity index (χ1n) is 10.7. The smallest absolute Gasteiger partial charge is 0.335 e. The van der Waals surface area contributed by atoms with Crippen molar-refractivity contribution >= 4 is 40.9 Å². The second kappa shape index (κ2) is 7.79. The predicted octanol–water partition coefficient (Wildman–Crippen LogP) is 4.68. The Kier molecular flexibility index (Phi) is 5.25. The van der Waals surface area contributed by atoms with E-state index in [0.29, 0.717) is 5.69 Å². The fourth-order valence-corrected chi connectivity index (χ4v) is 4.52. The highest BCUT2D eigenvalue weighted by Crippen LogP contribution is 2.39. The van der Waals surface area contributed by atoms with Crippen LogP contribution in [0.1, 0.15) is 44.4 Å². The molecule has 2 aromatic carbocycles. The molecule has 0 radical (unpaired) electrons. The first-order chi connectivity index (χ1) is 15.1. The van der Waals surface area contributed by atoms with Crippen molar-refractivity contribution < 1.29 is 14.4 Å². The maximum Gasteiger partial charge on any atom is 0.335 e. The average Bonchev–Trinajstić information content (AvgIpc) is 2.72. The first kappa shape index (κ1) is 21.6. The Hall–Kier alpha value is -3.67. The van der Waals surface area contributed by atoms with E-state index < -0.39 is 17.8 Å². The van der Waals surface area contributed by atoms with E-state index in [1.54, 1.807) is 18.2 Å². The quantitative estimate of drug-likeness (QED) is 0.568. The van der Waals surface area contributed by atoms with Gasteiger partial charge in [-0.25, -0.2) is 9.69 Å². The molecular weight excluding hydrogens is 402 g/mol. The van der Waals surface area contributed by atoms with E-state index in [9.17, 15) is 14.4 Å². The Balaban J connectivity index is 1.74. The average molecular weight is 430 g/mol. The third-order valence-electron chi connectivity index (χ3n) is 6.02. The van der Waals surface area contributed by atoms with Gasteiger partial charge in [-0.2, -0.15) is 0 Å². The van der Waals surface area contributed by atoms with Crippen LogP contribution in [0, 0.1) is 6.92 Å². The van der Waals surface area contributed by atoms with Crippen molar-refractivity contribution in [1.29, 1.82) is 0 Å². The molecule has 0 bridgehead atoms. The van der Waals surface area contributed by atoms with Crippen molar-refractivity contribution in [2.45, 2.75) is 40.2 Å². The maximum absolute atomic E-state index is 13.1. The Morgan fingerprint density at radius 3 is 2.34 bits per heavy atom. The molecule has 4 amide bonds. The number of likely N-dealkylation sites (N-methyl/N-ethyl adjacent to an activating group) is 1. The number of hydrogen-bond donors (Lipinski definition) is 1. The molecule has 0 aromatic heterocycles. The number of rotatable bonds is 3. The molecule has 0 saturated carbocycles. The van der Waals surface area contributed by atoms with Crippen LogP contribution in [0.3, 0.4) is 0 Å². The molecule has 2 heterocycles. The van der Waals surface area contributed by atoms with Gasteiger partial charge in [-0.1, -0.05) is 29.8 Å². The molecule has 1 saturated heterocycles. The van der Waals surface area contributed by atoms with E-state index in [1.165, 1.54) is 0 Å². The number of fused-ring (bicyclic) bond motifs is 1. The van der Waals surface area contributed by atoms with E-state index in [4.69, 9.17) is 0 Å². The van der Waals surface area contributed by atoms with Gasteiger partial charge in [0, 0.05) is 17.8 Å². The molecular formula is C26H27N3O3. The summed E-state index contributed by atoms with van der Waals surface area (Å²) in [6, 6.07) is 12.2. The summed E-state index contributed by atoms with van der Waals surface area (Å²) >= 11 is 0. The number of carbonyl (C=O) groups excluding carboxylic acids is 3. The minimum Gasteiger partial charge on any atom is -0.363 e. The van der Waals surface area contributed by atoms with Gasteiger partial charge in [-0.15, -0.1) is 0 Å². The molecule has 2 aromatic rings. The molecule has 6 nitrogen and oxygen atoms in total. The minimum absolute atomic E-state index is 0.0738. The first-order valence-corrected chi connectivity index (χ1v) is 10.7. The second-order valence-electron chi connectivity index (χ2n) is 8.80. The van der Waals surface area contributed by atoms with Gasteiger partial charge in [0.05, 0.1) is 11.2 Å². The van der Waals surface area contributed by atoms with Crippen LogP contribution in [0.15, 0.2) is 54.1 Å². The van der Waals surface area contributed by atoms with Crippen LogP contribution in [-0.2, 0) is 9.59 Å². The maximum atomic E-state index is 13.1. The third kappa shape index (κ3) is 3.62. The highest BCUT2D eigenvalue weighted by molar-refractivity contribution is 6.39. The molecule has 164 valence electrons. The van der Waals surface area contributed by atoms with E-state index in [-0.39, 0.29) is 11.1 Å². The largest absolute Gasteiger partial charge is 0.363 e. The zero-order valence-electron chi connectivity index (χ0n) is 19.0. The lowest BCUT2D eigenvalue weighted by Gasteiger charge is -2.42. The van der Waals surface area contributed by atoms with Crippen molar-refractivity contribution in [2.24, 2.45) is 0 Å². The Bertz CT molecular complexity index is 1190. The summed E-state index contributed by atoms with van der Waals surface area (Å²) in [6.07, 6.45) is 3.78. The van der Waals surface area contributed by atoms with Crippen LogP contribution >= 0.6 is 0 Å². The van der Waals surface area contributed by atoms with E-state index in [2.05, 4.69) is 44.0 Å². The number of barbiturate groups is 1.